The van der Waals surface area contributed by atoms with E-state index in [-0.39, 0.29) is 5.91 Å². The van der Waals surface area contributed by atoms with Gasteiger partial charge in [0.2, 0.25) is 11.8 Å². The molecule has 1 aromatic heterocycles. The fourth-order valence-corrected chi connectivity index (χ4v) is 2.63. The van der Waals surface area contributed by atoms with E-state index in [1.165, 1.54) is 6.26 Å². The molecule has 0 aliphatic carbocycles. The molecule has 3 rings (SSSR count). The van der Waals surface area contributed by atoms with Crippen LogP contribution in [0.25, 0.3) is 11.5 Å². The SMILES string of the molecule is COc1ccccc1CCC(=O)Nc1cc(-c2ncco2)ccc1C. The molecule has 1 heterocycles. The Hall–Kier alpha value is -3.08. The summed E-state index contributed by atoms with van der Waals surface area (Å²) >= 11 is 0. The molecule has 25 heavy (non-hydrogen) atoms. The third-order valence-corrected chi connectivity index (χ3v) is 4.00. The number of nitrogens with zero attached hydrogens (tertiary/aromatic N) is 1. The lowest BCUT2D eigenvalue weighted by atomic mass is 10.1. The zero-order chi connectivity index (χ0) is 17.6. The van der Waals surface area contributed by atoms with Crippen LogP contribution in [-0.2, 0) is 11.2 Å². The van der Waals surface area contributed by atoms with Crippen LogP contribution in [-0.4, -0.2) is 18.0 Å². The maximum atomic E-state index is 12.3. The van der Waals surface area contributed by atoms with Crippen molar-refractivity contribution in [2.45, 2.75) is 19.8 Å². The Balaban J connectivity index is 1.67. The van der Waals surface area contributed by atoms with E-state index >= 15 is 0 Å². The molecule has 0 atom stereocenters. The number of rotatable bonds is 6. The van der Waals surface area contributed by atoms with Crippen LogP contribution < -0.4 is 10.1 Å². The highest BCUT2D eigenvalue weighted by Crippen LogP contribution is 2.25. The van der Waals surface area contributed by atoms with Crippen molar-refractivity contribution in [3.05, 3.63) is 66.1 Å². The lowest BCUT2D eigenvalue weighted by Gasteiger charge is -2.11. The molecule has 0 bridgehead atoms. The Kier molecular flexibility index (Phi) is 5.14. The van der Waals surface area contributed by atoms with E-state index in [1.54, 1.807) is 13.3 Å². The number of aryl methyl sites for hydroxylation is 2. The molecule has 2 aromatic carbocycles. The first-order chi connectivity index (χ1) is 12.2. The lowest BCUT2D eigenvalue weighted by Crippen LogP contribution is -2.13. The fourth-order valence-electron chi connectivity index (χ4n) is 2.63. The molecular weight excluding hydrogens is 316 g/mol. The van der Waals surface area contributed by atoms with Gasteiger partial charge in [0.05, 0.1) is 13.3 Å². The minimum atomic E-state index is -0.0430. The molecule has 0 saturated heterocycles. The van der Waals surface area contributed by atoms with E-state index in [9.17, 15) is 4.79 Å². The maximum absolute atomic E-state index is 12.3. The standard InChI is InChI=1S/C20H20N2O3/c1-14-7-8-16(20-21-11-12-25-20)13-17(14)22-19(23)10-9-15-5-3-4-6-18(15)24-2/h3-8,11-13H,9-10H2,1-2H3,(H,22,23). The van der Waals surface area contributed by atoms with Gasteiger partial charge in [-0.15, -0.1) is 0 Å². The Morgan fingerprint density at radius 3 is 2.84 bits per heavy atom. The molecule has 3 aromatic rings. The van der Waals surface area contributed by atoms with E-state index in [0.29, 0.717) is 18.7 Å². The van der Waals surface area contributed by atoms with Crippen LogP contribution in [0.1, 0.15) is 17.5 Å². The molecule has 5 nitrogen and oxygen atoms in total. The van der Waals surface area contributed by atoms with Crippen molar-refractivity contribution in [3.63, 3.8) is 0 Å². The van der Waals surface area contributed by atoms with Crippen molar-refractivity contribution >= 4 is 11.6 Å². The molecule has 1 amide bonds. The molecule has 0 fully saturated rings. The first-order valence-electron chi connectivity index (χ1n) is 8.09. The van der Waals surface area contributed by atoms with E-state index in [1.807, 2.05) is 49.4 Å². The number of nitrogens with one attached hydrogen (secondary N) is 1. The highest BCUT2D eigenvalue weighted by molar-refractivity contribution is 5.92. The number of aromatic nitrogens is 1. The van der Waals surface area contributed by atoms with Crippen molar-refractivity contribution in [2.24, 2.45) is 0 Å². The van der Waals surface area contributed by atoms with Crippen molar-refractivity contribution in [3.8, 4) is 17.2 Å². The number of carbonyl (C=O) groups excluding carboxylic acids is 1. The molecule has 0 unspecified atom stereocenters. The van der Waals surface area contributed by atoms with Crippen LogP contribution in [0.4, 0.5) is 5.69 Å². The van der Waals surface area contributed by atoms with Gasteiger partial charge in [0.1, 0.15) is 12.0 Å². The summed E-state index contributed by atoms with van der Waals surface area (Å²) < 4.78 is 10.6. The van der Waals surface area contributed by atoms with Gasteiger partial charge in [-0.3, -0.25) is 4.79 Å². The number of carbonyl (C=O) groups is 1. The second-order valence-corrected chi connectivity index (χ2v) is 5.73. The third kappa shape index (κ3) is 4.07. The summed E-state index contributed by atoms with van der Waals surface area (Å²) in [6.07, 6.45) is 4.12. The summed E-state index contributed by atoms with van der Waals surface area (Å²) in [4.78, 5) is 16.5. The molecule has 0 aliphatic heterocycles. The second-order valence-electron chi connectivity index (χ2n) is 5.73. The van der Waals surface area contributed by atoms with Crippen molar-refractivity contribution in [2.75, 3.05) is 12.4 Å². The normalized spacial score (nSPS) is 10.5. The molecule has 0 radical (unpaired) electrons. The summed E-state index contributed by atoms with van der Waals surface area (Å²) in [6.45, 7) is 1.95. The van der Waals surface area contributed by atoms with Gasteiger partial charge in [-0.2, -0.15) is 0 Å². The molecule has 1 N–H and O–H groups in total. The van der Waals surface area contributed by atoms with Gasteiger partial charge in [-0.05, 0) is 42.7 Å². The van der Waals surface area contributed by atoms with Gasteiger partial charge >= 0.3 is 0 Å². The smallest absolute Gasteiger partial charge is 0.225 e. The number of ether oxygens (including phenoxy) is 1. The summed E-state index contributed by atoms with van der Waals surface area (Å²) in [5.41, 5.74) is 3.60. The van der Waals surface area contributed by atoms with Crippen LogP contribution in [0.3, 0.4) is 0 Å². The summed E-state index contributed by atoms with van der Waals surface area (Å²) in [6, 6.07) is 13.5. The number of para-hydroxylation sites is 1. The Morgan fingerprint density at radius 1 is 1.24 bits per heavy atom. The first kappa shape index (κ1) is 16.8. The topological polar surface area (TPSA) is 64.4 Å². The number of amides is 1. The number of oxazole rings is 1. The monoisotopic (exact) mass is 336 g/mol. The van der Waals surface area contributed by atoms with Crippen molar-refractivity contribution in [1.82, 2.24) is 4.98 Å². The molecule has 128 valence electrons. The number of methoxy groups -OCH3 is 1. The summed E-state index contributed by atoms with van der Waals surface area (Å²) in [7, 11) is 1.64. The van der Waals surface area contributed by atoms with Gasteiger partial charge in [0, 0.05) is 17.7 Å². The number of anilines is 1. The molecule has 0 aliphatic rings. The molecule has 0 saturated carbocycles. The minimum Gasteiger partial charge on any atom is -0.496 e. The van der Waals surface area contributed by atoms with Gasteiger partial charge in [-0.1, -0.05) is 24.3 Å². The largest absolute Gasteiger partial charge is 0.496 e. The molecular formula is C20H20N2O3. The second kappa shape index (κ2) is 7.66. The molecule has 0 spiro atoms. The van der Waals surface area contributed by atoms with Crippen LogP contribution in [0.15, 0.2) is 59.3 Å². The third-order valence-electron chi connectivity index (χ3n) is 4.00. The fraction of sp³-hybridized carbons (Fsp3) is 0.200. The van der Waals surface area contributed by atoms with E-state index in [4.69, 9.17) is 9.15 Å². The average molecular weight is 336 g/mol. The maximum Gasteiger partial charge on any atom is 0.225 e. The average Bonchev–Trinajstić information content (AvgIpc) is 3.16. The number of hydrogen-bond donors (Lipinski definition) is 1. The highest BCUT2D eigenvalue weighted by Gasteiger charge is 2.10. The van der Waals surface area contributed by atoms with Crippen LogP contribution in [0, 0.1) is 6.92 Å². The zero-order valence-electron chi connectivity index (χ0n) is 14.3. The zero-order valence-corrected chi connectivity index (χ0v) is 14.3. The van der Waals surface area contributed by atoms with E-state index < -0.39 is 0 Å². The van der Waals surface area contributed by atoms with Gasteiger partial charge in [-0.25, -0.2) is 4.98 Å². The van der Waals surface area contributed by atoms with Gasteiger partial charge in [0.15, 0.2) is 0 Å². The van der Waals surface area contributed by atoms with Crippen molar-refractivity contribution < 1.29 is 13.9 Å². The number of hydrogen-bond acceptors (Lipinski definition) is 4. The van der Waals surface area contributed by atoms with E-state index in [0.717, 1.165) is 28.1 Å². The predicted molar refractivity (Wildman–Crippen MR) is 96.6 cm³/mol. The van der Waals surface area contributed by atoms with Crippen LogP contribution in [0.5, 0.6) is 5.75 Å². The Labute approximate surface area is 146 Å². The molecule has 5 heteroatoms. The lowest BCUT2D eigenvalue weighted by molar-refractivity contribution is -0.116. The summed E-state index contributed by atoms with van der Waals surface area (Å²) in [5.74, 6) is 1.29. The quantitative estimate of drug-likeness (QED) is 0.731. The van der Waals surface area contributed by atoms with Crippen molar-refractivity contribution in [1.29, 1.82) is 0 Å². The van der Waals surface area contributed by atoms with Crippen LogP contribution in [0.2, 0.25) is 0 Å². The Morgan fingerprint density at radius 2 is 2.08 bits per heavy atom. The predicted octanol–water partition coefficient (Wildman–Crippen LogP) is 4.23. The highest BCUT2D eigenvalue weighted by atomic mass is 16.5. The van der Waals surface area contributed by atoms with Gasteiger partial charge in [0.25, 0.3) is 0 Å². The van der Waals surface area contributed by atoms with Gasteiger partial charge < -0.3 is 14.5 Å². The minimum absolute atomic E-state index is 0.0430. The van der Waals surface area contributed by atoms with Crippen LogP contribution >= 0.6 is 0 Å². The first-order valence-corrected chi connectivity index (χ1v) is 8.09. The number of benzene rings is 2. The van der Waals surface area contributed by atoms with E-state index in [2.05, 4.69) is 10.3 Å². The summed E-state index contributed by atoms with van der Waals surface area (Å²) in [5, 5.41) is 2.97. The Bertz CT molecular complexity index is 857.